The lowest BCUT2D eigenvalue weighted by molar-refractivity contribution is 0.162. The monoisotopic (exact) mass is 286 g/mol. The van der Waals surface area contributed by atoms with Gasteiger partial charge in [0.05, 0.1) is 5.69 Å². The summed E-state index contributed by atoms with van der Waals surface area (Å²) in [4.78, 5) is 7.32. The summed E-state index contributed by atoms with van der Waals surface area (Å²) >= 11 is 0. The van der Waals surface area contributed by atoms with Crippen LogP contribution in [0.1, 0.15) is 39.3 Å². The molecule has 21 heavy (non-hydrogen) atoms. The summed E-state index contributed by atoms with van der Waals surface area (Å²) in [5.41, 5.74) is 2.41. The van der Waals surface area contributed by atoms with Crippen LogP contribution < -0.4 is 5.32 Å². The molecule has 2 aromatic heterocycles. The molecule has 1 fully saturated rings. The van der Waals surface area contributed by atoms with Gasteiger partial charge in [0.25, 0.3) is 0 Å². The Morgan fingerprint density at radius 1 is 1.43 bits per heavy atom. The van der Waals surface area contributed by atoms with Gasteiger partial charge in [-0.2, -0.15) is 0 Å². The second kappa shape index (κ2) is 5.78. The summed E-state index contributed by atoms with van der Waals surface area (Å²) in [5, 5.41) is 3.71. The fraction of sp³-hybridized carbons (Fsp3) is 0.588. The number of pyridine rings is 1. The molecule has 1 saturated heterocycles. The lowest BCUT2D eigenvalue weighted by Gasteiger charge is -2.34. The SMILES string of the molecule is CCC1(C)CN(Cc2cn3ccccc3n2)C(C)CCN1. The first kappa shape index (κ1) is 14.5. The van der Waals surface area contributed by atoms with Crippen molar-refractivity contribution in [3.63, 3.8) is 0 Å². The predicted octanol–water partition coefficient (Wildman–Crippen LogP) is 2.69. The molecule has 0 aromatic carbocycles. The van der Waals surface area contributed by atoms with Gasteiger partial charge in [0.15, 0.2) is 0 Å². The van der Waals surface area contributed by atoms with E-state index in [1.54, 1.807) is 0 Å². The Kier molecular flexibility index (Phi) is 4.00. The van der Waals surface area contributed by atoms with Crippen LogP contribution in [0.4, 0.5) is 0 Å². The van der Waals surface area contributed by atoms with Gasteiger partial charge >= 0.3 is 0 Å². The smallest absolute Gasteiger partial charge is 0.137 e. The first-order valence-corrected chi connectivity index (χ1v) is 8.01. The van der Waals surface area contributed by atoms with Crippen molar-refractivity contribution < 1.29 is 0 Å². The maximum atomic E-state index is 4.75. The molecular formula is C17H26N4. The molecule has 0 aliphatic carbocycles. The number of fused-ring (bicyclic) bond motifs is 1. The number of rotatable bonds is 3. The number of nitrogens with zero attached hydrogens (tertiary/aromatic N) is 3. The van der Waals surface area contributed by atoms with E-state index in [1.807, 2.05) is 12.1 Å². The van der Waals surface area contributed by atoms with Gasteiger partial charge in [0.1, 0.15) is 5.65 Å². The topological polar surface area (TPSA) is 32.6 Å². The van der Waals surface area contributed by atoms with E-state index in [4.69, 9.17) is 4.98 Å². The molecular weight excluding hydrogens is 260 g/mol. The van der Waals surface area contributed by atoms with Gasteiger partial charge < -0.3 is 9.72 Å². The van der Waals surface area contributed by atoms with Gasteiger partial charge in [-0.1, -0.05) is 13.0 Å². The standard InChI is InChI=1S/C17H26N4/c1-4-17(3)13-21(14(2)8-9-18-17)12-15-11-20-10-6-5-7-16(20)19-15/h5-7,10-11,14,18H,4,8-9,12-13H2,1-3H3. The van der Waals surface area contributed by atoms with Crippen molar-refractivity contribution in [3.05, 3.63) is 36.3 Å². The molecule has 2 unspecified atom stereocenters. The fourth-order valence-electron chi connectivity index (χ4n) is 3.15. The van der Waals surface area contributed by atoms with Gasteiger partial charge in [-0.05, 0) is 45.4 Å². The van der Waals surface area contributed by atoms with Gasteiger partial charge in [0, 0.05) is 37.1 Å². The average Bonchev–Trinajstić information content (AvgIpc) is 2.82. The molecule has 0 amide bonds. The molecule has 4 heteroatoms. The number of aromatic nitrogens is 2. The van der Waals surface area contributed by atoms with Crippen molar-refractivity contribution in [1.82, 2.24) is 19.6 Å². The fourth-order valence-corrected chi connectivity index (χ4v) is 3.15. The molecule has 0 spiro atoms. The highest BCUT2D eigenvalue weighted by atomic mass is 15.2. The summed E-state index contributed by atoms with van der Waals surface area (Å²) in [6.45, 7) is 10.1. The minimum Gasteiger partial charge on any atom is -0.310 e. The molecule has 2 aromatic rings. The lowest BCUT2D eigenvalue weighted by Crippen LogP contribution is -2.49. The van der Waals surface area contributed by atoms with Crippen LogP contribution in [0.15, 0.2) is 30.6 Å². The largest absolute Gasteiger partial charge is 0.310 e. The zero-order chi connectivity index (χ0) is 14.9. The molecule has 1 N–H and O–H groups in total. The van der Waals surface area contributed by atoms with Crippen LogP contribution in [0.25, 0.3) is 5.65 Å². The Labute approximate surface area is 127 Å². The number of imidazole rings is 1. The van der Waals surface area contributed by atoms with Crippen molar-refractivity contribution in [2.45, 2.75) is 51.7 Å². The van der Waals surface area contributed by atoms with Gasteiger partial charge in [-0.25, -0.2) is 4.98 Å². The summed E-state index contributed by atoms with van der Waals surface area (Å²) < 4.78 is 2.11. The first-order valence-electron chi connectivity index (χ1n) is 8.01. The molecule has 4 nitrogen and oxygen atoms in total. The highest BCUT2D eigenvalue weighted by Gasteiger charge is 2.30. The second-order valence-electron chi connectivity index (χ2n) is 6.58. The van der Waals surface area contributed by atoms with Crippen molar-refractivity contribution >= 4 is 5.65 Å². The molecule has 0 bridgehead atoms. The van der Waals surface area contributed by atoms with Crippen LogP contribution in [-0.2, 0) is 6.54 Å². The third-order valence-corrected chi connectivity index (χ3v) is 4.85. The highest BCUT2D eigenvalue weighted by Crippen LogP contribution is 2.21. The summed E-state index contributed by atoms with van der Waals surface area (Å²) in [7, 11) is 0. The van der Waals surface area contributed by atoms with E-state index in [0.29, 0.717) is 6.04 Å². The van der Waals surface area contributed by atoms with Gasteiger partial charge in [0.2, 0.25) is 0 Å². The molecule has 114 valence electrons. The Morgan fingerprint density at radius 3 is 3.05 bits per heavy atom. The number of hydrogen-bond donors (Lipinski definition) is 1. The first-order chi connectivity index (χ1) is 10.1. The molecule has 1 aliphatic heterocycles. The zero-order valence-corrected chi connectivity index (χ0v) is 13.3. The van der Waals surface area contributed by atoms with E-state index in [0.717, 1.165) is 37.4 Å². The lowest BCUT2D eigenvalue weighted by atomic mass is 9.98. The van der Waals surface area contributed by atoms with Crippen molar-refractivity contribution in [2.75, 3.05) is 13.1 Å². The van der Waals surface area contributed by atoms with Crippen molar-refractivity contribution in [1.29, 1.82) is 0 Å². The van der Waals surface area contributed by atoms with E-state index in [2.05, 4.69) is 53.8 Å². The molecule has 1 aliphatic rings. The predicted molar refractivity (Wildman–Crippen MR) is 86.4 cm³/mol. The van der Waals surface area contributed by atoms with Crippen LogP contribution >= 0.6 is 0 Å². The third-order valence-electron chi connectivity index (χ3n) is 4.85. The molecule has 3 heterocycles. The van der Waals surface area contributed by atoms with Gasteiger partial charge in [-0.3, -0.25) is 4.90 Å². The molecule has 0 saturated carbocycles. The Balaban J connectivity index is 1.80. The minimum atomic E-state index is 0.212. The summed E-state index contributed by atoms with van der Waals surface area (Å²) in [6.07, 6.45) is 6.57. The summed E-state index contributed by atoms with van der Waals surface area (Å²) in [5.74, 6) is 0. The Bertz CT molecular complexity index is 573. The van der Waals surface area contributed by atoms with E-state index in [-0.39, 0.29) is 5.54 Å². The zero-order valence-electron chi connectivity index (χ0n) is 13.3. The van der Waals surface area contributed by atoms with E-state index in [1.165, 1.54) is 6.42 Å². The number of nitrogens with one attached hydrogen (secondary N) is 1. The minimum absolute atomic E-state index is 0.212. The van der Waals surface area contributed by atoms with Crippen molar-refractivity contribution in [2.24, 2.45) is 0 Å². The van der Waals surface area contributed by atoms with Gasteiger partial charge in [-0.15, -0.1) is 0 Å². The summed E-state index contributed by atoms with van der Waals surface area (Å²) in [6, 6.07) is 6.74. The number of hydrogen-bond acceptors (Lipinski definition) is 3. The van der Waals surface area contributed by atoms with E-state index >= 15 is 0 Å². The van der Waals surface area contributed by atoms with Crippen LogP contribution in [0.2, 0.25) is 0 Å². The average molecular weight is 286 g/mol. The van der Waals surface area contributed by atoms with Crippen molar-refractivity contribution in [3.8, 4) is 0 Å². The van der Waals surface area contributed by atoms with Crippen LogP contribution in [0.3, 0.4) is 0 Å². The maximum absolute atomic E-state index is 4.75. The highest BCUT2D eigenvalue weighted by molar-refractivity contribution is 5.39. The quantitative estimate of drug-likeness (QED) is 0.941. The Morgan fingerprint density at radius 2 is 2.29 bits per heavy atom. The Hall–Kier alpha value is -1.39. The third kappa shape index (κ3) is 3.11. The molecule has 0 radical (unpaired) electrons. The van der Waals surface area contributed by atoms with E-state index in [9.17, 15) is 0 Å². The second-order valence-corrected chi connectivity index (χ2v) is 6.58. The maximum Gasteiger partial charge on any atom is 0.137 e. The van der Waals surface area contributed by atoms with Crippen LogP contribution in [-0.4, -0.2) is 39.0 Å². The normalized spacial score (nSPS) is 27.9. The molecule has 3 rings (SSSR count). The van der Waals surface area contributed by atoms with Crippen LogP contribution in [0.5, 0.6) is 0 Å². The molecule has 2 atom stereocenters. The van der Waals surface area contributed by atoms with E-state index < -0.39 is 0 Å². The van der Waals surface area contributed by atoms with Crippen LogP contribution in [0, 0.1) is 0 Å².